The number of halogens is 1. The number of hydrogen-bond acceptors (Lipinski definition) is 4. The summed E-state index contributed by atoms with van der Waals surface area (Å²) in [5.74, 6) is 0.171. The number of aromatic nitrogens is 4. The summed E-state index contributed by atoms with van der Waals surface area (Å²) in [6.45, 7) is 4.03. The van der Waals surface area contributed by atoms with Gasteiger partial charge in [0.25, 0.3) is 0 Å². The summed E-state index contributed by atoms with van der Waals surface area (Å²) in [5.41, 5.74) is 6.18. The summed E-state index contributed by atoms with van der Waals surface area (Å²) in [6, 6.07) is 0.220. The molecule has 0 aliphatic heterocycles. The molecule has 0 unspecified atom stereocenters. The van der Waals surface area contributed by atoms with Crippen LogP contribution in [0.4, 0.5) is 5.95 Å². The Morgan fingerprint density at radius 3 is 2.79 bits per heavy atom. The number of nitrogens with two attached hydrogens (primary N) is 1. The van der Waals surface area contributed by atoms with Crippen molar-refractivity contribution >= 4 is 28.6 Å². The molecule has 0 fully saturated rings. The number of anilines is 1. The Kier molecular flexibility index (Phi) is 2.03. The second-order valence-electron chi connectivity index (χ2n) is 3.29. The number of nitrogen functional groups attached to an aromatic ring is 1. The van der Waals surface area contributed by atoms with Crippen LogP contribution >= 0.6 is 11.6 Å². The quantitative estimate of drug-likeness (QED) is 0.728. The molecule has 0 bridgehead atoms. The smallest absolute Gasteiger partial charge is 0.223 e. The van der Waals surface area contributed by atoms with Gasteiger partial charge in [0.05, 0.1) is 11.6 Å². The lowest BCUT2D eigenvalue weighted by molar-refractivity contribution is 0.546. The van der Waals surface area contributed by atoms with Crippen LogP contribution in [-0.4, -0.2) is 19.7 Å². The molecule has 0 radical (unpaired) electrons. The van der Waals surface area contributed by atoms with E-state index in [1.165, 1.54) is 0 Å². The first kappa shape index (κ1) is 9.21. The third kappa shape index (κ3) is 1.29. The molecule has 0 aliphatic carbocycles. The van der Waals surface area contributed by atoms with E-state index in [9.17, 15) is 0 Å². The van der Waals surface area contributed by atoms with Gasteiger partial charge in [-0.1, -0.05) is 11.6 Å². The van der Waals surface area contributed by atoms with Gasteiger partial charge in [0.2, 0.25) is 5.95 Å². The standard InChI is InChI=1S/C8H10ClN5/c1-4(2)14-7-5(3-11-14)6(9)12-8(10)13-7/h3-4H,1-2H3,(H2,10,12,13). The highest BCUT2D eigenvalue weighted by molar-refractivity contribution is 6.34. The van der Waals surface area contributed by atoms with Gasteiger partial charge in [-0.3, -0.25) is 0 Å². The van der Waals surface area contributed by atoms with Crippen molar-refractivity contribution < 1.29 is 0 Å². The molecule has 0 saturated heterocycles. The monoisotopic (exact) mass is 211 g/mol. The first-order valence-corrected chi connectivity index (χ1v) is 4.63. The van der Waals surface area contributed by atoms with Crippen LogP contribution in [-0.2, 0) is 0 Å². The Labute approximate surface area is 85.9 Å². The summed E-state index contributed by atoms with van der Waals surface area (Å²) < 4.78 is 1.76. The minimum absolute atomic E-state index is 0.171. The van der Waals surface area contributed by atoms with E-state index in [0.29, 0.717) is 10.8 Å². The summed E-state index contributed by atoms with van der Waals surface area (Å²) >= 11 is 5.90. The van der Waals surface area contributed by atoms with Crippen LogP contribution in [0.25, 0.3) is 11.0 Å². The SMILES string of the molecule is CC(C)n1ncc2c(Cl)nc(N)nc21. The van der Waals surface area contributed by atoms with Crippen molar-refractivity contribution in [2.45, 2.75) is 19.9 Å². The Morgan fingerprint density at radius 1 is 1.43 bits per heavy atom. The van der Waals surface area contributed by atoms with Gasteiger partial charge in [0, 0.05) is 6.04 Å². The van der Waals surface area contributed by atoms with Gasteiger partial charge in [-0.2, -0.15) is 10.1 Å². The van der Waals surface area contributed by atoms with E-state index in [0.717, 1.165) is 5.39 Å². The molecule has 2 N–H and O–H groups in total. The molecule has 5 nitrogen and oxygen atoms in total. The molecule has 0 aliphatic rings. The van der Waals surface area contributed by atoms with Gasteiger partial charge in [-0.15, -0.1) is 0 Å². The van der Waals surface area contributed by atoms with Gasteiger partial charge >= 0.3 is 0 Å². The topological polar surface area (TPSA) is 69.6 Å². The minimum Gasteiger partial charge on any atom is -0.368 e. The van der Waals surface area contributed by atoms with E-state index in [1.807, 2.05) is 13.8 Å². The molecular weight excluding hydrogens is 202 g/mol. The number of hydrogen-bond donors (Lipinski definition) is 1. The minimum atomic E-state index is 0.171. The zero-order valence-electron chi connectivity index (χ0n) is 7.90. The average Bonchev–Trinajstić information content (AvgIpc) is 2.47. The van der Waals surface area contributed by atoms with E-state index in [1.54, 1.807) is 10.9 Å². The second kappa shape index (κ2) is 3.09. The maximum atomic E-state index is 5.90. The Bertz CT molecular complexity index is 476. The molecule has 0 atom stereocenters. The first-order chi connectivity index (χ1) is 6.59. The summed E-state index contributed by atoms with van der Waals surface area (Å²) in [4.78, 5) is 7.95. The average molecular weight is 212 g/mol. The molecule has 0 spiro atoms. The predicted octanol–water partition coefficient (Wildman–Crippen LogP) is 1.64. The third-order valence-corrected chi connectivity index (χ3v) is 2.20. The lowest BCUT2D eigenvalue weighted by atomic mass is 10.4. The first-order valence-electron chi connectivity index (χ1n) is 4.26. The predicted molar refractivity (Wildman–Crippen MR) is 55.1 cm³/mol. The maximum absolute atomic E-state index is 5.90. The maximum Gasteiger partial charge on any atom is 0.223 e. The third-order valence-electron chi connectivity index (χ3n) is 1.91. The van der Waals surface area contributed by atoms with Crippen molar-refractivity contribution in [1.29, 1.82) is 0 Å². The highest BCUT2D eigenvalue weighted by Gasteiger charge is 2.11. The highest BCUT2D eigenvalue weighted by Crippen LogP contribution is 2.22. The van der Waals surface area contributed by atoms with Gasteiger partial charge < -0.3 is 5.73 Å². The Hall–Kier alpha value is -1.36. The molecule has 0 aromatic carbocycles. The van der Waals surface area contributed by atoms with Gasteiger partial charge in [0.15, 0.2) is 5.65 Å². The van der Waals surface area contributed by atoms with Crippen LogP contribution < -0.4 is 5.73 Å². The van der Waals surface area contributed by atoms with E-state index in [2.05, 4.69) is 15.1 Å². The van der Waals surface area contributed by atoms with Crippen LogP contribution in [0.15, 0.2) is 6.20 Å². The van der Waals surface area contributed by atoms with Crippen LogP contribution in [0, 0.1) is 0 Å². The molecule has 2 aromatic heterocycles. The molecule has 2 aromatic rings. The van der Waals surface area contributed by atoms with Crippen molar-refractivity contribution in [3.63, 3.8) is 0 Å². The molecule has 74 valence electrons. The number of nitrogens with zero attached hydrogens (tertiary/aromatic N) is 4. The molecule has 2 heterocycles. The summed E-state index contributed by atoms with van der Waals surface area (Å²) in [7, 11) is 0. The van der Waals surface area contributed by atoms with Crippen molar-refractivity contribution in [1.82, 2.24) is 19.7 Å². The van der Waals surface area contributed by atoms with Crippen LogP contribution in [0.5, 0.6) is 0 Å². The second-order valence-corrected chi connectivity index (χ2v) is 3.65. The molecule has 2 rings (SSSR count). The van der Waals surface area contributed by atoms with Crippen molar-refractivity contribution in [3.8, 4) is 0 Å². The fourth-order valence-electron chi connectivity index (χ4n) is 1.28. The van der Waals surface area contributed by atoms with Crippen LogP contribution in [0.1, 0.15) is 19.9 Å². The highest BCUT2D eigenvalue weighted by atomic mass is 35.5. The fourth-order valence-corrected chi connectivity index (χ4v) is 1.50. The van der Waals surface area contributed by atoms with E-state index in [-0.39, 0.29) is 12.0 Å². The van der Waals surface area contributed by atoms with Crippen molar-refractivity contribution in [2.24, 2.45) is 0 Å². The molecule has 0 saturated carbocycles. The van der Waals surface area contributed by atoms with Gasteiger partial charge in [0.1, 0.15) is 5.15 Å². The molecule has 0 amide bonds. The molecular formula is C8H10ClN5. The normalized spacial score (nSPS) is 11.4. The number of rotatable bonds is 1. The van der Waals surface area contributed by atoms with Crippen LogP contribution in [0.2, 0.25) is 5.15 Å². The number of fused-ring (bicyclic) bond motifs is 1. The summed E-state index contributed by atoms with van der Waals surface area (Å²) in [6.07, 6.45) is 1.65. The van der Waals surface area contributed by atoms with E-state index in [4.69, 9.17) is 17.3 Å². The lowest BCUT2D eigenvalue weighted by Gasteiger charge is -2.06. The van der Waals surface area contributed by atoms with Gasteiger partial charge in [-0.25, -0.2) is 9.67 Å². The summed E-state index contributed by atoms with van der Waals surface area (Å²) in [5, 5.41) is 5.25. The largest absolute Gasteiger partial charge is 0.368 e. The van der Waals surface area contributed by atoms with Crippen molar-refractivity contribution in [2.75, 3.05) is 5.73 Å². The van der Waals surface area contributed by atoms with Crippen molar-refractivity contribution in [3.05, 3.63) is 11.3 Å². The van der Waals surface area contributed by atoms with E-state index < -0.39 is 0 Å². The zero-order chi connectivity index (χ0) is 10.3. The van der Waals surface area contributed by atoms with E-state index >= 15 is 0 Å². The zero-order valence-corrected chi connectivity index (χ0v) is 8.65. The fraction of sp³-hybridized carbons (Fsp3) is 0.375. The van der Waals surface area contributed by atoms with Crippen LogP contribution in [0.3, 0.4) is 0 Å². The lowest BCUT2D eigenvalue weighted by Crippen LogP contribution is -2.05. The Morgan fingerprint density at radius 2 is 2.14 bits per heavy atom. The Balaban J connectivity index is 2.78. The molecule has 14 heavy (non-hydrogen) atoms. The van der Waals surface area contributed by atoms with Gasteiger partial charge in [-0.05, 0) is 13.8 Å². The molecule has 6 heteroatoms.